The molecule has 7 aromatic carbocycles. The van der Waals surface area contributed by atoms with Crippen LogP contribution in [0, 0.1) is 27.7 Å². The van der Waals surface area contributed by atoms with Crippen LogP contribution in [0.4, 0.5) is 34.1 Å². The van der Waals surface area contributed by atoms with E-state index >= 15 is 0 Å². The Morgan fingerprint density at radius 2 is 0.945 bits per heavy atom. The second-order valence-electron chi connectivity index (χ2n) is 16.7. The van der Waals surface area contributed by atoms with Gasteiger partial charge in [-0.2, -0.15) is 0 Å². The Balaban J connectivity index is 1.14. The van der Waals surface area contributed by atoms with Crippen molar-refractivity contribution in [3.63, 3.8) is 0 Å². The fourth-order valence-corrected chi connectivity index (χ4v) is 11.1. The zero-order valence-corrected chi connectivity index (χ0v) is 33.8. The molecule has 55 heavy (non-hydrogen) atoms. The van der Waals surface area contributed by atoms with Gasteiger partial charge in [-0.15, -0.1) is 0 Å². The number of fused-ring (bicyclic) bond motifs is 9. The highest BCUT2D eigenvalue weighted by molar-refractivity contribution is 7.99. The minimum absolute atomic E-state index is 0.205. The van der Waals surface area contributed by atoms with Crippen molar-refractivity contribution in [2.24, 2.45) is 0 Å². The molecule has 0 aromatic heterocycles. The van der Waals surface area contributed by atoms with Gasteiger partial charge in [0.1, 0.15) is 0 Å². The lowest BCUT2D eigenvalue weighted by molar-refractivity contribution is 0.600. The Labute approximate surface area is 330 Å². The minimum Gasteiger partial charge on any atom is -0.310 e. The maximum atomic E-state index is 2.50. The van der Waals surface area contributed by atoms with Gasteiger partial charge in [0.15, 0.2) is 0 Å². The van der Waals surface area contributed by atoms with Crippen LogP contribution in [-0.4, -0.2) is 0 Å². The standard InChI is InChI=1S/C52H46N2S/c1-31-17-9-11-19-41(31)53(42-20-12-10-18-32(42)2)35-25-27-37-39(29-35)51(5,6)49-47(37)33(3)34(4)48-38-28-26-36(30-40(38)52(7,8)50(48)49)54-43-21-13-15-23-45(43)55-46-24-16-14-22-44(46)54/h9-30H,1-8H3. The average molecular weight is 731 g/mol. The molecule has 0 N–H and O–H groups in total. The van der Waals surface area contributed by atoms with Crippen LogP contribution in [0.25, 0.3) is 22.3 Å². The van der Waals surface area contributed by atoms with E-state index in [2.05, 4.69) is 199 Å². The fraction of sp³-hybridized carbons (Fsp3) is 0.192. The molecule has 1 aliphatic heterocycles. The molecule has 10 rings (SSSR count). The molecule has 0 fully saturated rings. The van der Waals surface area contributed by atoms with Gasteiger partial charge in [-0.25, -0.2) is 0 Å². The lowest BCUT2D eigenvalue weighted by Crippen LogP contribution is -2.25. The van der Waals surface area contributed by atoms with Crippen LogP contribution < -0.4 is 9.80 Å². The number of benzene rings is 7. The molecule has 1 heterocycles. The lowest BCUT2D eigenvalue weighted by Gasteiger charge is -2.34. The van der Waals surface area contributed by atoms with Crippen LogP contribution in [0.1, 0.15) is 72.2 Å². The number of rotatable bonds is 4. The molecule has 3 heteroatoms. The average Bonchev–Trinajstić information content (AvgIpc) is 3.56. The topological polar surface area (TPSA) is 6.48 Å². The molecule has 0 spiro atoms. The molecule has 0 amide bonds. The van der Waals surface area contributed by atoms with Gasteiger partial charge >= 0.3 is 0 Å². The van der Waals surface area contributed by atoms with Gasteiger partial charge in [0.2, 0.25) is 0 Å². The van der Waals surface area contributed by atoms with Gasteiger partial charge in [-0.05, 0) is 155 Å². The first kappa shape index (κ1) is 34.0. The Morgan fingerprint density at radius 1 is 0.491 bits per heavy atom. The van der Waals surface area contributed by atoms with E-state index in [1.165, 1.54) is 111 Å². The third-order valence-corrected chi connectivity index (χ3v) is 14.0. The van der Waals surface area contributed by atoms with Crippen LogP contribution in [0.3, 0.4) is 0 Å². The van der Waals surface area contributed by atoms with Crippen molar-refractivity contribution in [3.05, 3.63) is 178 Å². The molecular weight excluding hydrogens is 685 g/mol. The van der Waals surface area contributed by atoms with Gasteiger partial charge in [-0.3, -0.25) is 0 Å². The largest absolute Gasteiger partial charge is 0.310 e. The van der Waals surface area contributed by atoms with Crippen LogP contribution >= 0.6 is 11.8 Å². The quantitative estimate of drug-likeness (QED) is 0.178. The van der Waals surface area contributed by atoms with E-state index in [0.29, 0.717) is 0 Å². The fourth-order valence-electron chi connectivity index (χ4n) is 10.0. The Bertz CT molecular complexity index is 2660. The first-order valence-corrected chi connectivity index (χ1v) is 20.4. The summed E-state index contributed by atoms with van der Waals surface area (Å²) in [5.41, 5.74) is 23.6. The highest BCUT2D eigenvalue weighted by atomic mass is 32.2. The summed E-state index contributed by atoms with van der Waals surface area (Å²) in [6.07, 6.45) is 0. The Morgan fingerprint density at radius 3 is 1.47 bits per heavy atom. The van der Waals surface area contributed by atoms with Gasteiger partial charge in [-0.1, -0.05) is 112 Å². The van der Waals surface area contributed by atoms with Crippen molar-refractivity contribution in [2.75, 3.05) is 9.80 Å². The van der Waals surface area contributed by atoms with Crippen molar-refractivity contribution >= 4 is 45.9 Å². The van der Waals surface area contributed by atoms with Crippen LogP contribution in [0.2, 0.25) is 0 Å². The Hall–Kier alpha value is -5.51. The monoisotopic (exact) mass is 730 g/mol. The molecule has 0 saturated heterocycles. The minimum atomic E-state index is -0.212. The summed E-state index contributed by atoms with van der Waals surface area (Å²) < 4.78 is 0. The maximum absolute atomic E-state index is 2.50. The molecule has 2 nitrogen and oxygen atoms in total. The summed E-state index contributed by atoms with van der Waals surface area (Å²) in [6.45, 7) is 19.0. The first-order chi connectivity index (χ1) is 26.5. The summed E-state index contributed by atoms with van der Waals surface area (Å²) >= 11 is 1.86. The summed E-state index contributed by atoms with van der Waals surface area (Å²) in [4.78, 5) is 7.51. The van der Waals surface area contributed by atoms with Crippen molar-refractivity contribution in [1.82, 2.24) is 0 Å². The van der Waals surface area contributed by atoms with E-state index in [0.717, 1.165) is 0 Å². The van der Waals surface area contributed by atoms with Crippen LogP contribution in [0.5, 0.6) is 0 Å². The molecule has 0 radical (unpaired) electrons. The normalized spacial score (nSPS) is 15.1. The Kier molecular flexibility index (Phi) is 7.42. The zero-order valence-electron chi connectivity index (χ0n) is 33.0. The SMILES string of the molecule is Cc1ccccc1N(c1ccc2c(c1)C(C)(C)c1c-2c(C)c(C)c2c1C(C)(C)c1cc(N3c4ccccc4Sc4ccccc43)ccc1-2)c1ccccc1C. The highest BCUT2D eigenvalue weighted by Crippen LogP contribution is 2.62. The lowest BCUT2D eigenvalue weighted by atomic mass is 9.71. The van der Waals surface area contributed by atoms with E-state index in [1.54, 1.807) is 0 Å². The molecule has 0 saturated carbocycles. The summed E-state index contributed by atoms with van der Waals surface area (Å²) in [5.74, 6) is 0. The van der Waals surface area contributed by atoms with Crippen molar-refractivity contribution in [3.8, 4) is 22.3 Å². The zero-order chi connectivity index (χ0) is 38.0. The summed E-state index contributed by atoms with van der Waals surface area (Å²) in [5, 5.41) is 0. The van der Waals surface area contributed by atoms with E-state index in [9.17, 15) is 0 Å². The van der Waals surface area contributed by atoms with Crippen molar-refractivity contribution < 1.29 is 0 Å². The van der Waals surface area contributed by atoms with E-state index in [4.69, 9.17) is 0 Å². The number of aryl methyl sites for hydroxylation is 2. The maximum Gasteiger partial charge on any atom is 0.0601 e. The molecule has 0 atom stereocenters. The van der Waals surface area contributed by atoms with Gasteiger partial charge < -0.3 is 9.80 Å². The number of hydrogen-bond donors (Lipinski definition) is 0. The van der Waals surface area contributed by atoms with Crippen molar-refractivity contribution in [1.29, 1.82) is 0 Å². The summed E-state index contributed by atoms with van der Waals surface area (Å²) in [6, 6.07) is 49.7. The van der Waals surface area contributed by atoms with Crippen molar-refractivity contribution in [2.45, 2.75) is 76.0 Å². The van der Waals surface area contributed by atoms with Crippen LogP contribution in [-0.2, 0) is 10.8 Å². The molecule has 7 aromatic rings. The van der Waals surface area contributed by atoms with E-state index < -0.39 is 0 Å². The van der Waals surface area contributed by atoms with Gasteiger partial charge in [0.25, 0.3) is 0 Å². The smallest absolute Gasteiger partial charge is 0.0601 e. The van der Waals surface area contributed by atoms with Crippen LogP contribution in [0.15, 0.2) is 143 Å². The number of nitrogens with zero attached hydrogens (tertiary/aromatic N) is 2. The molecule has 0 bridgehead atoms. The van der Waals surface area contributed by atoms with Gasteiger partial charge in [0, 0.05) is 43.4 Å². The molecule has 0 unspecified atom stereocenters. The third kappa shape index (κ3) is 4.75. The number of hydrogen-bond acceptors (Lipinski definition) is 3. The number of anilines is 6. The molecule has 3 aliphatic rings. The molecule has 270 valence electrons. The number of para-hydroxylation sites is 4. The predicted octanol–water partition coefficient (Wildman–Crippen LogP) is 14.9. The third-order valence-electron chi connectivity index (χ3n) is 12.9. The predicted molar refractivity (Wildman–Crippen MR) is 234 cm³/mol. The van der Waals surface area contributed by atoms with E-state index in [-0.39, 0.29) is 10.8 Å². The molecule has 2 aliphatic carbocycles. The van der Waals surface area contributed by atoms with E-state index in [1.807, 2.05) is 11.8 Å². The first-order valence-electron chi connectivity index (χ1n) is 19.5. The highest BCUT2D eigenvalue weighted by Gasteiger charge is 2.48. The second kappa shape index (κ2) is 12.0. The summed E-state index contributed by atoms with van der Waals surface area (Å²) in [7, 11) is 0. The van der Waals surface area contributed by atoms with Gasteiger partial charge in [0.05, 0.1) is 11.4 Å². The molecular formula is C52H46N2S. The second-order valence-corrected chi connectivity index (χ2v) is 17.8.